The Labute approximate surface area is 238 Å². The van der Waals surface area contributed by atoms with E-state index in [0.29, 0.717) is 5.57 Å². The number of hydrogen-bond donors (Lipinski definition) is 2. The van der Waals surface area contributed by atoms with Crippen molar-refractivity contribution < 1.29 is 43.0 Å². The zero-order chi connectivity index (χ0) is 29.8. The number of nitrogen functional groups attached to an aromatic ring is 1. The number of amides is 3. The van der Waals surface area contributed by atoms with Crippen LogP contribution < -0.4 is 11.1 Å². The van der Waals surface area contributed by atoms with Gasteiger partial charge < -0.3 is 35.0 Å². The Morgan fingerprint density at radius 3 is 2.50 bits per heavy atom. The summed E-state index contributed by atoms with van der Waals surface area (Å²) in [6.45, 7) is 3.94. The summed E-state index contributed by atoms with van der Waals surface area (Å²) in [5.74, 6) is -2.73. The Morgan fingerprint density at radius 2 is 1.93 bits per heavy atom. The lowest BCUT2D eigenvalue weighted by Gasteiger charge is -2.49. The molecule has 0 aromatic carbocycles. The van der Waals surface area contributed by atoms with Gasteiger partial charge in [0.1, 0.15) is 36.5 Å². The van der Waals surface area contributed by atoms with E-state index >= 15 is 0 Å². The number of hydrogen-bond acceptors (Lipinski definition) is 14. The van der Waals surface area contributed by atoms with E-state index in [4.69, 9.17) is 24.8 Å². The maximum Gasteiger partial charge on any atom is 0.409 e. The molecule has 0 radical (unpaired) electrons. The average molecular weight is 599 g/mol. The van der Waals surface area contributed by atoms with Crippen LogP contribution in [0.1, 0.15) is 26.5 Å². The summed E-state index contributed by atoms with van der Waals surface area (Å²) in [6, 6.07) is -1.03. The van der Waals surface area contributed by atoms with Gasteiger partial charge in [-0.1, -0.05) is 5.16 Å². The van der Waals surface area contributed by atoms with Crippen molar-refractivity contribution in [1.82, 2.24) is 20.1 Å². The summed E-state index contributed by atoms with van der Waals surface area (Å²) in [6.07, 6.45) is -0.654. The number of nitrogens with one attached hydrogen (secondary N) is 1. The lowest BCUT2D eigenvalue weighted by Crippen LogP contribution is -2.71. The van der Waals surface area contributed by atoms with Crippen molar-refractivity contribution in [3.8, 4) is 0 Å². The fourth-order valence-corrected chi connectivity index (χ4v) is 5.26. The molecule has 2 aliphatic heterocycles. The fraction of sp³-hybridized carbons (Fsp3) is 0.522. The summed E-state index contributed by atoms with van der Waals surface area (Å²) in [7, 11) is 4.24. The maximum absolute atomic E-state index is 13.2. The van der Waals surface area contributed by atoms with Crippen LogP contribution in [0.3, 0.4) is 0 Å². The van der Waals surface area contributed by atoms with Crippen molar-refractivity contribution in [2.24, 2.45) is 10.6 Å². The number of carbonyl (C=O) groups excluding carboxylic acids is 5. The predicted molar refractivity (Wildman–Crippen MR) is 144 cm³/mol. The van der Waals surface area contributed by atoms with E-state index in [1.165, 1.54) is 43.2 Å². The molecular formula is C23H30N6O9S2. The smallest absolute Gasteiger partial charge is 0.409 e. The molecule has 218 valence electrons. The number of anilines is 1. The van der Waals surface area contributed by atoms with Gasteiger partial charge >= 0.3 is 18.0 Å². The summed E-state index contributed by atoms with van der Waals surface area (Å²) in [4.78, 5) is 74.5. The lowest BCUT2D eigenvalue weighted by molar-refractivity contribution is -0.173. The first-order valence-electron chi connectivity index (χ1n) is 11.7. The number of nitrogens with zero attached hydrogens (tertiary/aromatic N) is 4. The lowest BCUT2D eigenvalue weighted by atomic mass is 9.98. The van der Waals surface area contributed by atoms with Gasteiger partial charge in [-0.05, 0) is 20.8 Å². The minimum Gasteiger partial charge on any atom is -0.445 e. The van der Waals surface area contributed by atoms with Crippen molar-refractivity contribution >= 4 is 63.8 Å². The minimum absolute atomic E-state index is 0.157. The molecule has 15 nitrogen and oxygen atoms in total. The van der Waals surface area contributed by atoms with Crippen LogP contribution in [0.4, 0.5) is 9.93 Å². The van der Waals surface area contributed by atoms with E-state index in [1.54, 1.807) is 20.8 Å². The Balaban J connectivity index is 1.79. The normalized spacial score (nSPS) is 18.8. The van der Waals surface area contributed by atoms with Gasteiger partial charge in [-0.2, -0.15) is 0 Å². The second-order valence-corrected chi connectivity index (χ2v) is 11.7. The zero-order valence-corrected chi connectivity index (χ0v) is 24.3. The molecule has 1 unspecified atom stereocenters. The molecule has 0 spiro atoms. The summed E-state index contributed by atoms with van der Waals surface area (Å²) < 4.78 is 15.4. The third-order valence-corrected chi connectivity index (χ3v) is 7.43. The molecule has 3 N–H and O–H groups in total. The topological polar surface area (TPSA) is 192 Å². The third kappa shape index (κ3) is 6.82. The first-order valence-corrected chi connectivity index (χ1v) is 13.7. The molecule has 0 aliphatic carbocycles. The van der Waals surface area contributed by atoms with E-state index in [1.807, 2.05) is 0 Å². The molecule has 3 rings (SSSR count). The molecule has 17 heteroatoms. The molecule has 0 saturated carbocycles. The van der Waals surface area contributed by atoms with E-state index in [2.05, 4.69) is 15.5 Å². The molecule has 3 heterocycles. The number of nitrogens with two attached hydrogens (primary N) is 1. The summed E-state index contributed by atoms with van der Waals surface area (Å²) >= 11 is 2.34. The first kappa shape index (κ1) is 30.7. The Hall–Kier alpha value is -3.86. The molecule has 3 amide bonds. The van der Waals surface area contributed by atoms with Gasteiger partial charge in [0.05, 0.1) is 5.41 Å². The highest BCUT2D eigenvalue weighted by atomic mass is 32.2. The highest BCUT2D eigenvalue weighted by molar-refractivity contribution is 8.00. The van der Waals surface area contributed by atoms with Gasteiger partial charge in [0, 0.05) is 30.8 Å². The highest BCUT2D eigenvalue weighted by Gasteiger charge is 2.55. The molecule has 2 atom stereocenters. The van der Waals surface area contributed by atoms with Crippen LogP contribution in [0, 0.1) is 5.41 Å². The molecule has 1 saturated heterocycles. The Bertz CT molecular complexity index is 1250. The molecule has 1 aromatic heterocycles. The van der Waals surface area contributed by atoms with E-state index < -0.39 is 53.5 Å². The van der Waals surface area contributed by atoms with Crippen LogP contribution in [-0.4, -0.2) is 102 Å². The van der Waals surface area contributed by atoms with Crippen molar-refractivity contribution in [2.45, 2.75) is 32.2 Å². The predicted octanol–water partition coefficient (Wildman–Crippen LogP) is 0.518. The first-order chi connectivity index (χ1) is 18.8. The second kappa shape index (κ2) is 12.5. The standard InChI is InChI=1S/C23H30N6O9S2/c1-23(2,3)20(33)38-10-37-19(32)15-11(7-36-22(34)28(4)5)8-39-18-14(17(31)29(15)18)26-16(30)13(27-35-6)12-9-40-21(24)25-12/h9,14,18H,7-8,10H2,1-6H3,(H2,24,25)(H,26,30)/b27-13-/t14?,18-/m0/s1. The number of rotatable bonds is 9. The molecule has 0 bridgehead atoms. The Kier molecular flexibility index (Phi) is 9.62. The highest BCUT2D eigenvalue weighted by Crippen LogP contribution is 2.41. The van der Waals surface area contributed by atoms with Gasteiger partial charge in [0.2, 0.25) is 6.79 Å². The molecule has 1 fully saturated rings. The van der Waals surface area contributed by atoms with Gasteiger partial charge in [0.15, 0.2) is 10.8 Å². The van der Waals surface area contributed by atoms with Gasteiger partial charge in [-0.25, -0.2) is 14.6 Å². The number of carbonyl (C=O) groups is 5. The average Bonchev–Trinajstić information content (AvgIpc) is 3.32. The number of thiazole rings is 1. The number of β-lactam (4-membered cyclic amide) rings is 1. The number of esters is 2. The van der Waals surface area contributed by atoms with Crippen LogP contribution in [0.5, 0.6) is 0 Å². The number of ether oxygens (including phenoxy) is 3. The number of fused-ring (bicyclic) bond motifs is 1. The molecular weight excluding hydrogens is 568 g/mol. The van der Waals surface area contributed by atoms with E-state index in [-0.39, 0.29) is 34.6 Å². The number of thioether (sulfide) groups is 1. The maximum atomic E-state index is 13.2. The molecule has 40 heavy (non-hydrogen) atoms. The largest absolute Gasteiger partial charge is 0.445 e. The number of oxime groups is 1. The van der Waals surface area contributed by atoms with Crippen molar-refractivity contribution in [3.05, 3.63) is 22.3 Å². The van der Waals surface area contributed by atoms with Crippen LogP contribution >= 0.6 is 23.1 Å². The number of aromatic nitrogens is 1. The van der Waals surface area contributed by atoms with Crippen molar-refractivity contribution in [1.29, 1.82) is 0 Å². The van der Waals surface area contributed by atoms with E-state index in [9.17, 15) is 24.0 Å². The molecule has 2 aliphatic rings. The minimum atomic E-state index is -1.03. The fourth-order valence-electron chi connectivity index (χ4n) is 3.38. The van der Waals surface area contributed by atoms with Crippen molar-refractivity contribution in [2.75, 3.05) is 46.1 Å². The summed E-state index contributed by atoms with van der Waals surface area (Å²) in [5, 5.41) is 7.35. The van der Waals surface area contributed by atoms with Crippen LogP contribution in [-0.2, 0) is 38.2 Å². The third-order valence-electron chi connectivity index (χ3n) is 5.42. The van der Waals surface area contributed by atoms with Crippen LogP contribution in [0.2, 0.25) is 0 Å². The van der Waals surface area contributed by atoms with Gasteiger partial charge in [0.25, 0.3) is 11.8 Å². The van der Waals surface area contributed by atoms with Crippen LogP contribution in [0.25, 0.3) is 0 Å². The van der Waals surface area contributed by atoms with Gasteiger partial charge in [-0.3, -0.25) is 19.3 Å². The monoisotopic (exact) mass is 598 g/mol. The van der Waals surface area contributed by atoms with Crippen molar-refractivity contribution in [3.63, 3.8) is 0 Å². The van der Waals surface area contributed by atoms with Gasteiger partial charge in [-0.15, -0.1) is 23.1 Å². The summed E-state index contributed by atoms with van der Waals surface area (Å²) in [5.41, 5.74) is 4.97. The van der Waals surface area contributed by atoms with Crippen LogP contribution in [0.15, 0.2) is 21.8 Å². The zero-order valence-electron chi connectivity index (χ0n) is 22.7. The SMILES string of the molecule is CO/N=C(\C(=O)NC1C(=O)N2C(C(=O)OCOC(=O)C(C)(C)C)=C(COC(=O)N(C)C)CS[C@@H]12)c1csc(N)n1. The Morgan fingerprint density at radius 1 is 1.23 bits per heavy atom. The van der Waals surface area contributed by atoms with E-state index in [0.717, 1.165) is 16.2 Å². The second-order valence-electron chi connectivity index (χ2n) is 9.69. The molecule has 1 aromatic rings. The quantitative estimate of drug-likeness (QED) is 0.132.